The molecule has 1 aliphatic heterocycles. The second-order valence-corrected chi connectivity index (χ2v) is 12.7. The molecule has 0 aliphatic carbocycles. The zero-order chi connectivity index (χ0) is 35.7. The van der Waals surface area contributed by atoms with Crippen LogP contribution in [0.25, 0.3) is 11.3 Å². The quantitative estimate of drug-likeness (QED) is 0.154. The van der Waals surface area contributed by atoms with Crippen LogP contribution in [0.2, 0.25) is 0 Å². The van der Waals surface area contributed by atoms with Crippen molar-refractivity contribution in [3.63, 3.8) is 0 Å². The number of aliphatic hydroxyl groups is 1. The summed E-state index contributed by atoms with van der Waals surface area (Å²) in [5.41, 5.74) is 6.55. The average Bonchev–Trinajstić information content (AvgIpc) is 3.62. The van der Waals surface area contributed by atoms with E-state index in [1.807, 2.05) is 51.1 Å². The fourth-order valence-electron chi connectivity index (χ4n) is 5.56. The Labute approximate surface area is 283 Å². The Kier molecular flexibility index (Phi) is 12.5. The van der Waals surface area contributed by atoms with Gasteiger partial charge in [-0.05, 0) is 35.6 Å². The molecule has 1 aliphatic rings. The number of aromatic nitrogens is 2. The second kappa shape index (κ2) is 16.5. The number of imide groups is 1. The number of carbonyl (C=O) groups is 4. The van der Waals surface area contributed by atoms with Crippen molar-refractivity contribution in [2.75, 3.05) is 39.5 Å². The molecule has 1 aromatic heterocycles. The SMILES string of the molecule is CC(C)(C)[C@H](c1nc(-c2cc(F)ccc2F)cn1Cc1ccccc1)N(CC[C@H](N)C(=O)NCCOCCN1C(=O)C=CC1=O)C(=O)CO. The van der Waals surface area contributed by atoms with Crippen molar-refractivity contribution in [3.05, 3.63) is 89.9 Å². The number of halogens is 2. The van der Waals surface area contributed by atoms with Gasteiger partial charge in [0.2, 0.25) is 11.8 Å². The molecule has 4 rings (SSSR count). The van der Waals surface area contributed by atoms with Crippen molar-refractivity contribution in [1.29, 1.82) is 0 Å². The van der Waals surface area contributed by atoms with Crippen LogP contribution in [0.4, 0.5) is 8.78 Å². The number of aliphatic hydroxyl groups excluding tert-OH is 1. The van der Waals surface area contributed by atoms with Crippen LogP contribution in [0, 0.1) is 17.0 Å². The van der Waals surface area contributed by atoms with E-state index >= 15 is 0 Å². The van der Waals surface area contributed by atoms with Gasteiger partial charge in [0, 0.05) is 43.5 Å². The minimum atomic E-state index is -1.03. The lowest BCUT2D eigenvalue weighted by Crippen LogP contribution is -2.48. The van der Waals surface area contributed by atoms with Crippen LogP contribution in [0.15, 0.2) is 66.9 Å². The molecule has 0 spiro atoms. The number of nitrogens with two attached hydrogens (primary N) is 1. The molecule has 49 heavy (non-hydrogen) atoms. The Morgan fingerprint density at radius 3 is 2.41 bits per heavy atom. The van der Waals surface area contributed by atoms with Crippen molar-refractivity contribution in [2.24, 2.45) is 11.1 Å². The van der Waals surface area contributed by atoms with Gasteiger partial charge in [0.15, 0.2) is 0 Å². The molecule has 0 fully saturated rings. The minimum Gasteiger partial charge on any atom is -0.387 e. The summed E-state index contributed by atoms with van der Waals surface area (Å²) in [6.07, 6.45) is 4.02. The normalized spacial score (nSPS) is 14.3. The van der Waals surface area contributed by atoms with Gasteiger partial charge in [-0.1, -0.05) is 51.1 Å². The zero-order valence-electron chi connectivity index (χ0n) is 27.8. The first-order valence-corrected chi connectivity index (χ1v) is 15.9. The predicted octanol–water partition coefficient (Wildman–Crippen LogP) is 2.56. The fraction of sp³-hybridized carbons (Fsp3) is 0.400. The van der Waals surface area contributed by atoms with Crippen molar-refractivity contribution in [2.45, 2.75) is 45.8 Å². The Bertz CT molecular complexity index is 1650. The maximum absolute atomic E-state index is 14.9. The molecular weight excluding hydrogens is 638 g/mol. The Balaban J connectivity index is 1.50. The lowest BCUT2D eigenvalue weighted by molar-refractivity contribution is -0.140. The Morgan fingerprint density at radius 1 is 1.06 bits per heavy atom. The first-order chi connectivity index (χ1) is 23.3. The summed E-state index contributed by atoms with van der Waals surface area (Å²) in [4.78, 5) is 56.6. The summed E-state index contributed by atoms with van der Waals surface area (Å²) in [5.74, 6) is -2.85. The number of amides is 4. The number of ether oxygens (including phenoxy) is 1. The van der Waals surface area contributed by atoms with Crippen LogP contribution >= 0.6 is 0 Å². The van der Waals surface area contributed by atoms with Crippen LogP contribution in [0.1, 0.15) is 44.6 Å². The predicted molar refractivity (Wildman–Crippen MR) is 176 cm³/mol. The molecule has 2 aromatic carbocycles. The fourth-order valence-corrected chi connectivity index (χ4v) is 5.56. The average molecular weight is 681 g/mol. The van der Waals surface area contributed by atoms with Gasteiger partial charge in [0.1, 0.15) is 24.1 Å². The smallest absolute Gasteiger partial charge is 0.253 e. The molecule has 0 saturated carbocycles. The number of rotatable bonds is 16. The van der Waals surface area contributed by atoms with Crippen LogP contribution < -0.4 is 11.1 Å². The molecule has 0 bridgehead atoms. The maximum Gasteiger partial charge on any atom is 0.253 e. The summed E-state index contributed by atoms with van der Waals surface area (Å²) in [5, 5.41) is 12.7. The highest BCUT2D eigenvalue weighted by Crippen LogP contribution is 2.39. The molecule has 12 nitrogen and oxygen atoms in total. The Morgan fingerprint density at radius 2 is 1.76 bits per heavy atom. The first kappa shape index (κ1) is 37.0. The monoisotopic (exact) mass is 680 g/mol. The van der Waals surface area contributed by atoms with Gasteiger partial charge >= 0.3 is 0 Å². The number of carbonyl (C=O) groups excluding carboxylic acids is 4. The van der Waals surface area contributed by atoms with Gasteiger partial charge in [-0.25, -0.2) is 13.8 Å². The van der Waals surface area contributed by atoms with Gasteiger partial charge in [0.05, 0.1) is 37.5 Å². The van der Waals surface area contributed by atoms with Crippen molar-refractivity contribution in [1.82, 2.24) is 24.7 Å². The van der Waals surface area contributed by atoms with E-state index in [2.05, 4.69) is 5.32 Å². The van der Waals surface area contributed by atoms with Crippen molar-refractivity contribution in [3.8, 4) is 11.3 Å². The summed E-state index contributed by atoms with van der Waals surface area (Å²) < 4.78 is 36.3. The van der Waals surface area contributed by atoms with E-state index in [0.29, 0.717) is 12.4 Å². The van der Waals surface area contributed by atoms with Gasteiger partial charge in [-0.15, -0.1) is 0 Å². The third-order valence-corrected chi connectivity index (χ3v) is 7.96. The molecular formula is C35H42F2N6O6. The van der Waals surface area contributed by atoms with Crippen molar-refractivity contribution >= 4 is 23.6 Å². The van der Waals surface area contributed by atoms with Gasteiger partial charge in [-0.2, -0.15) is 0 Å². The largest absolute Gasteiger partial charge is 0.387 e. The third kappa shape index (κ3) is 9.65. The number of hydrogen-bond donors (Lipinski definition) is 3. The highest BCUT2D eigenvalue weighted by molar-refractivity contribution is 6.12. The van der Waals surface area contributed by atoms with E-state index in [1.165, 1.54) is 17.1 Å². The molecule has 4 N–H and O–H groups in total. The van der Waals surface area contributed by atoms with Gasteiger partial charge in [0.25, 0.3) is 11.8 Å². The first-order valence-electron chi connectivity index (χ1n) is 15.9. The summed E-state index contributed by atoms with van der Waals surface area (Å²) >= 11 is 0. The van der Waals surface area contributed by atoms with E-state index in [0.717, 1.165) is 28.7 Å². The van der Waals surface area contributed by atoms with Crippen LogP contribution in [-0.4, -0.2) is 93.6 Å². The molecule has 2 atom stereocenters. The lowest BCUT2D eigenvalue weighted by atomic mass is 9.84. The standard InChI is InChI=1S/C35H42F2N6O6/c1-35(2,3)32(33-40-28(25-19-24(36)9-10-26(25)37)21-41(33)20-23-7-5-4-6-8-23)43(31(47)22-44)15-13-27(38)34(48)39-14-17-49-18-16-42-29(45)11-12-30(42)46/h4-12,19,21,27,32,44H,13-18,20,22,38H2,1-3H3,(H,39,48)/t27-,32-/m0/s1. The molecule has 3 aromatic rings. The van der Waals surface area contributed by atoms with E-state index < -0.39 is 59.4 Å². The Hall–Kier alpha value is -4.79. The molecule has 2 heterocycles. The van der Waals surface area contributed by atoms with E-state index in [-0.39, 0.29) is 50.5 Å². The molecule has 0 unspecified atom stereocenters. The summed E-state index contributed by atoms with van der Waals surface area (Å²) in [7, 11) is 0. The topological polar surface area (TPSA) is 160 Å². The van der Waals surface area contributed by atoms with E-state index in [4.69, 9.17) is 15.5 Å². The molecule has 4 amide bonds. The molecule has 0 radical (unpaired) electrons. The van der Waals surface area contributed by atoms with Crippen LogP contribution in [-0.2, 0) is 30.5 Å². The second-order valence-electron chi connectivity index (χ2n) is 12.7. The van der Waals surface area contributed by atoms with E-state index in [1.54, 1.807) is 10.8 Å². The van der Waals surface area contributed by atoms with Gasteiger partial charge in [-0.3, -0.25) is 24.1 Å². The van der Waals surface area contributed by atoms with E-state index in [9.17, 15) is 33.1 Å². The number of benzene rings is 2. The van der Waals surface area contributed by atoms with Crippen molar-refractivity contribution < 1.29 is 37.8 Å². The zero-order valence-corrected chi connectivity index (χ0v) is 27.8. The number of imidazole rings is 1. The molecule has 14 heteroatoms. The third-order valence-electron chi connectivity index (χ3n) is 7.96. The lowest BCUT2D eigenvalue weighted by Gasteiger charge is -2.40. The maximum atomic E-state index is 14.9. The summed E-state index contributed by atoms with van der Waals surface area (Å²) in [6.45, 7) is 5.54. The number of hydrogen-bond acceptors (Lipinski definition) is 8. The van der Waals surface area contributed by atoms with Gasteiger partial charge < -0.3 is 30.4 Å². The highest BCUT2D eigenvalue weighted by atomic mass is 19.1. The minimum absolute atomic E-state index is 0.0276. The number of nitrogens with zero attached hydrogens (tertiary/aromatic N) is 4. The molecule has 262 valence electrons. The number of nitrogens with one attached hydrogen (secondary N) is 1. The van der Waals surface area contributed by atoms with Crippen LogP contribution in [0.3, 0.4) is 0 Å². The molecule has 0 saturated heterocycles. The summed E-state index contributed by atoms with van der Waals surface area (Å²) in [6, 6.07) is 10.7. The van der Waals surface area contributed by atoms with Crippen LogP contribution in [0.5, 0.6) is 0 Å². The highest BCUT2D eigenvalue weighted by Gasteiger charge is 2.38.